The standard InChI is InChI=1S/C17H36N2O2/c1-5-19(6-2)15-11-12-16(4)18-14-10-8-9-13-17(20)21-7-3/h16,18H,5-15H2,1-4H3. The fourth-order valence-corrected chi connectivity index (χ4v) is 2.42. The molecule has 0 heterocycles. The Bertz CT molecular complexity index is 243. The van der Waals surface area contributed by atoms with Crippen molar-refractivity contribution >= 4 is 5.97 Å². The molecule has 0 aromatic carbocycles. The van der Waals surface area contributed by atoms with E-state index in [0.717, 1.165) is 38.9 Å². The zero-order valence-corrected chi connectivity index (χ0v) is 14.6. The summed E-state index contributed by atoms with van der Waals surface area (Å²) in [6, 6.07) is 0.589. The van der Waals surface area contributed by atoms with Gasteiger partial charge in [-0.15, -0.1) is 0 Å². The van der Waals surface area contributed by atoms with Crippen molar-refractivity contribution in [3.8, 4) is 0 Å². The van der Waals surface area contributed by atoms with E-state index in [0.29, 0.717) is 19.1 Å². The maximum absolute atomic E-state index is 11.2. The molecule has 0 bridgehead atoms. The first kappa shape index (κ1) is 20.4. The molecule has 126 valence electrons. The third-order valence-electron chi connectivity index (χ3n) is 3.86. The Morgan fingerprint density at radius 2 is 1.81 bits per heavy atom. The molecule has 4 nitrogen and oxygen atoms in total. The molecule has 0 aliphatic rings. The van der Waals surface area contributed by atoms with Crippen molar-refractivity contribution in [2.45, 2.75) is 72.3 Å². The van der Waals surface area contributed by atoms with Crippen molar-refractivity contribution in [1.82, 2.24) is 10.2 Å². The van der Waals surface area contributed by atoms with Crippen LogP contribution in [-0.4, -0.2) is 49.7 Å². The lowest BCUT2D eigenvalue weighted by atomic mass is 10.1. The highest BCUT2D eigenvalue weighted by molar-refractivity contribution is 5.69. The van der Waals surface area contributed by atoms with Gasteiger partial charge in [-0.3, -0.25) is 4.79 Å². The molecule has 21 heavy (non-hydrogen) atoms. The lowest BCUT2D eigenvalue weighted by molar-refractivity contribution is -0.143. The molecular formula is C17H36N2O2. The molecule has 0 spiro atoms. The van der Waals surface area contributed by atoms with Crippen molar-refractivity contribution in [2.75, 3.05) is 32.8 Å². The number of hydrogen-bond donors (Lipinski definition) is 1. The van der Waals surface area contributed by atoms with Gasteiger partial charge in [-0.05, 0) is 65.7 Å². The number of rotatable bonds is 14. The second-order valence-corrected chi connectivity index (χ2v) is 5.64. The topological polar surface area (TPSA) is 41.6 Å². The highest BCUT2D eigenvalue weighted by Gasteiger charge is 2.04. The number of nitrogens with one attached hydrogen (secondary N) is 1. The average molecular weight is 300 g/mol. The van der Waals surface area contributed by atoms with Crippen LogP contribution in [0.2, 0.25) is 0 Å². The van der Waals surface area contributed by atoms with E-state index in [1.165, 1.54) is 19.4 Å². The van der Waals surface area contributed by atoms with E-state index >= 15 is 0 Å². The van der Waals surface area contributed by atoms with Gasteiger partial charge in [-0.2, -0.15) is 0 Å². The molecule has 0 saturated heterocycles. The quantitative estimate of drug-likeness (QED) is 0.395. The van der Waals surface area contributed by atoms with Crippen LogP contribution in [0.4, 0.5) is 0 Å². The van der Waals surface area contributed by atoms with Crippen LogP contribution in [0.5, 0.6) is 0 Å². The fourth-order valence-electron chi connectivity index (χ4n) is 2.42. The molecule has 4 heteroatoms. The van der Waals surface area contributed by atoms with Gasteiger partial charge in [0.1, 0.15) is 0 Å². The maximum Gasteiger partial charge on any atom is 0.305 e. The summed E-state index contributed by atoms with van der Waals surface area (Å²) in [6.07, 6.45) is 6.24. The van der Waals surface area contributed by atoms with E-state index in [9.17, 15) is 4.79 Å². The van der Waals surface area contributed by atoms with Gasteiger partial charge in [-0.25, -0.2) is 0 Å². The van der Waals surface area contributed by atoms with Crippen LogP contribution in [0.1, 0.15) is 66.2 Å². The predicted molar refractivity (Wildman–Crippen MR) is 89.6 cm³/mol. The normalized spacial score (nSPS) is 12.6. The number of esters is 1. The van der Waals surface area contributed by atoms with Crippen molar-refractivity contribution < 1.29 is 9.53 Å². The summed E-state index contributed by atoms with van der Waals surface area (Å²) in [7, 11) is 0. The summed E-state index contributed by atoms with van der Waals surface area (Å²) in [5.41, 5.74) is 0. The smallest absolute Gasteiger partial charge is 0.305 e. The van der Waals surface area contributed by atoms with E-state index in [1.807, 2.05) is 6.92 Å². The molecule has 0 amide bonds. The van der Waals surface area contributed by atoms with E-state index < -0.39 is 0 Å². The van der Waals surface area contributed by atoms with Crippen LogP contribution in [0.15, 0.2) is 0 Å². The van der Waals surface area contributed by atoms with Gasteiger partial charge in [0.15, 0.2) is 0 Å². The average Bonchev–Trinajstić information content (AvgIpc) is 2.47. The lowest BCUT2D eigenvalue weighted by Crippen LogP contribution is -2.29. The Balaban J connectivity index is 3.37. The Kier molecular flexibility index (Phi) is 13.9. The monoisotopic (exact) mass is 300 g/mol. The van der Waals surface area contributed by atoms with E-state index in [-0.39, 0.29) is 5.97 Å². The zero-order valence-electron chi connectivity index (χ0n) is 14.6. The van der Waals surface area contributed by atoms with Gasteiger partial charge in [0.05, 0.1) is 6.61 Å². The summed E-state index contributed by atoms with van der Waals surface area (Å²) in [5, 5.41) is 3.57. The molecular weight excluding hydrogens is 264 g/mol. The van der Waals surface area contributed by atoms with Crippen LogP contribution in [0.25, 0.3) is 0 Å². The van der Waals surface area contributed by atoms with Gasteiger partial charge < -0.3 is 15.0 Å². The lowest BCUT2D eigenvalue weighted by Gasteiger charge is -2.19. The molecule has 0 fully saturated rings. The van der Waals surface area contributed by atoms with Crippen LogP contribution in [0.3, 0.4) is 0 Å². The van der Waals surface area contributed by atoms with Gasteiger partial charge >= 0.3 is 5.97 Å². The molecule has 0 aromatic heterocycles. The third-order valence-corrected chi connectivity index (χ3v) is 3.86. The highest BCUT2D eigenvalue weighted by Crippen LogP contribution is 2.03. The van der Waals surface area contributed by atoms with Gasteiger partial charge in [0.25, 0.3) is 0 Å². The van der Waals surface area contributed by atoms with Crippen LogP contribution in [-0.2, 0) is 9.53 Å². The minimum Gasteiger partial charge on any atom is -0.466 e. The number of hydrogen-bond acceptors (Lipinski definition) is 4. The number of nitrogens with zero attached hydrogens (tertiary/aromatic N) is 1. The van der Waals surface area contributed by atoms with Crippen LogP contribution >= 0.6 is 0 Å². The van der Waals surface area contributed by atoms with Crippen LogP contribution in [0, 0.1) is 0 Å². The molecule has 1 unspecified atom stereocenters. The second-order valence-electron chi connectivity index (χ2n) is 5.64. The van der Waals surface area contributed by atoms with E-state index in [2.05, 4.69) is 31.0 Å². The van der Waals surface area contributed by atoms with E-state index in [1.54, 1.807) is 0 Å². The number of carbonyl (C=O) groups excluding carboxylic acids is 1. The molecule has 0 radical (unpaired) electrons. The predicted octanol–water partition coefficient (Wildman–Crippen LogP) is 3.21. The largest absolute Gasteiger partial charge is 0.466 e. The number of carbonyl (C=O) groups is 1. The Morgan fingerprint density at radius 3 is 2.43 bits per heavy atom. The third kappa shape index (κ3) is 12.8. The van der Waals surface area contributed by atoms with Gasteiger partial charge in [0.2, 0.25) is 0 Å². The number of unbranched alkanes of at least 4 members (excludes halogenated alkanes) is 2. The van der Waals surface area contributed by atoms with Crippen molar-refractivity contribution in [1.29, 1.82) is 0 Å². The molecule has 0 aliphatic heterocycles. The summed E-state index contributed by atoms with van der Waals surface area (Å²) >= 11 is 0. The molecule has 1 N–H and O–H groups in total. The highest BCUT2D eigenvalue weighted by atomic mass is 16.5. The Hall–Kier alpha value is -0.610. The molecule has 1 atom stereocenters. The Labute approximate surface area is 131 Å². The van der Waals surface area contributed by atoms with Crippen LogP contribution < -0.4 is 5.32 Å². The molecule has 0 aromatic rings. The second kappa shape index (κ2) is 14.3. The molecule has 0 aliphatic carbocycles. The zero-order chi connectivity index (χ0) is 15.9. The summed E-state index contributed by atoms with van der Waals surface area (Å²) in [5.74, 6) is -0.0600. The minimum atomic E-state index is -0.0600. The first-order chi connectivity index (χ1) is 10.1. The van der Waals surface area contributed by atoms with Gasteiger partial charge in [0, 0.05) is 12.5 Å². The molecule has 0 saturated carbocycles. The van der Waals surface area contributed by atoms with E-state index in [4.69, 9.17) is 4.74 Å². The summed E-state index contributed by atoms with van der Waals surface area (Å²) in [4.78, 5) is 13.6. The fraction of sp³-hybridized carbons (Fsp3) is 0.941. The summed E-state index contributed by atoms with van der Waals surface area (Å²) < 4.78 is 4.91. The maximum atomic E-state index is 11.2. The minimum absolute atomic E-state index is 0.0600. The van der Waals surface area contributed by atoms with Crippen molar-refractivity contribution in [3.05, 3.63) is 0 Å². The van der Waals surface area contributed by atoms with Crippen molar-refractivity contribution in [2.24, 2.45) is 0 Å². The summed E-state index contributed by atoms with van der Waals surface area (Å²) in [6.45, 7) is 13.6. The first-order valence-electron chi connectivity index (χ1n) is 8.75. The first-order valence-corrected chi connectivity index (χ1v) is 8.75. The Morgan fingerprint density at radius 1 is 1.10 bits per heavy atom. The molecule has 0 rings (SSSR count). The van der Waals surface area contributed by atoms with Crippen molar-refractivity contribution in [3.63, 3.8) is 0 Å². The van der Waals surface area contributed by atoms with Gasteiger partial charge in [-0.1, -0.05) is 20.3 Å². The SMILES string of the molecule is CCOC(=O)CCCCCNC(C)CCCN(CC)CC. The number of ether oxygens (including phenoxy) is 1.